The van der Waals surface area contributed by atoms with Gasteiger partial charge in [-0.25, -0.2) is 0 Å². The molecular weight excluding hydrogens is 172 g/mol. The number of unbranched alkanes of at least 4 members (excludes halogenated alkanes) is 1. The van der Waals surface area contributed by atoms with Gasteiger partial charge in [-0.15, -0.1) is 0 Å². The van der Waals surface area contributed by atoms with Crippen molar-refractivity contribution in [1.82, 2.24) is 0 Å². The second kappa shape index (κ2) is 5.78. The molecule has 0 spiro atoms. The average molecular weight is 192 g/mol. The molecule has 2 nitrogen and oxygen atoms in total. The van der Waals surface area contributed by atoms with Gasteiger partial charge in [0.15, 0.2) is 0 Å². The van der Waals surface area contributed by atoms with Gasteiger partial charge in [-0.3, -0.25) is 0 Å². The van der Waals surface area contributed by atoms with E-state index in [1.54, 1.807) is 0 Å². The van der Waals surface area contributed by atoms with Crippen molar-refractivity contribution in [3.63, 3.8) is 0 Å². The summed E-state index contributed by atoms with van der Waals surface area (Å²) in [6, 6.07) is 6.58. The normalized spacial score (nSPS) is 10.5. The smallest absolute Gasteiger partial charge is 0.0178 e. The zero-order valence-corrected chi connectivity index (χ0v) is 8.92. The van der Waals surface area contributed by atoms with Crippen molar-refractivity contribution in [1.29, 1.82) is 0 Å². The first-order valence-electron chi connectivity index (χ1n) is 5.26. The zero-order chi connectivity index (χ0) is 10.4. The van der Waals surface area contributed by atoms with Crippen LogP contribution in [0.5, 0.6) is 0 Å². The van der Waals surface area contributed by atoms with Crippen LogP contribution >= 0.6 is 0 Å². The fourth-order valence-electron chi connectivity index (χ4n) is 1.68. The summed E-state index contributed by atoms with van der Waals surface area (Å²) in [5.41, 5.74) is 15.0. The van der Waals surface area contributed by atoms with E-state index in [9.17, 15) is 0 Å². The van der Waals surface area contributed by atoms with Gasteiger partial charge in [0, 0.05) is 6.54 Å². The standard InChI is InChI=1S/C12H20N2/c1-10-6-11(4-2-3-5-13)8-12(7-10)9-14/h6-8H,2-5,9,13-14H2,1H3. The van der Waals surface area contributed by atoms with Crippen molar-refractivity contribution in [2.45, 2.75) is 32.7 Å². The van der Waals surface area contributed by atoms with Crippen LogP contribution in [0.15, 0.2) is 18.2 Å². The Labute approximate surface area is 86.3 Å². The maximum atomic E-state index is 5.62. The van der Waals surface area contributed by atoms with Crippen molar-refractivity contribution in [3.8, 4) is 0 Å². The van der Waals surface area contributed by atoms with Gasteiger partial charge < -0.3 is 11.5 Å². The molecule has 0 aliphatic carbocycles. The summed E-state index contributed by atoms with van der Waals surface area (Å²) in [5, 5.41) is 0. The Morgan fingerprint density at radius 3 is 2.36 bits per heavy atom. The Hall–Kier alpha value is -0.860. The number of nitrogens with two attached hydrogens (primary N) is 2. The lowest BCUT2D eigenvalue weighted by atomic mass is 10.0. The second-order valence-corrected chi connectivity index (χ2v) is 3.78. The summed E-state index contributed by atoms with van der Waals surface area (Å²) < 4.78 is 0. The Bertz CT molecular complexity index is 282. The molecule has 0 radical (unpaired) electrons. The van der Waals surface area contributed by atoms with Gasteiger partial charge in [0.05, 0.1) is 0 Å². The van der Waals surface area contributed by atoms with Crippen LogP contribution in [0.4, 0.5) is 0 Å². The van der Waals surface area contributed by atoms with Crippen LogP contribution in [0, 0.1) is 6.92 Å². The molecule has 0 aliphatic rings. The fourth-order valence-corrected chi connectivity index (χ4v) is 1.68. The number of benzene rings is 1. The highest BCUT2D eigenvalue weighted by molar-refractivity contribution is 5.29. The Kier molecular flexibility index (Phi) is 4.63. The summed E-state index contributed by atoms with van der Waals surface area (Å²) in [4.78, 5) is 0. The molecule has 4 N–H and O–H groups in total. The lowest BCUT2D eigenvalue weighted by Crippen LogP contribution is -2.01. The van der Waals surface area contributed by atoms with E-state index in [1.165, 1.54) is 23.1 Å². The van der Waals surface area contributed by atoms with Gasteiger partial charge in [-0.2, -0.15) is 0 Å². The molecule has 0 atom stereocenters. The minimum atomic E-state index is 0.631. The van der Waals surface area contributed by atoms with Gasteiger partial charge in [0.1, 0.15) is 0 Å². The van der Waals surface area contributed by atoms with E-state index in [-0.39, 0.29) is 0 Å². The maximum Gasteiger partial charge on any atom is 0.0178 e. The van der Waals surface area contributed by atoms with Crippen LogP contribution < -0.4 is 11.5 Å². The lowest BCUT2D eigenvalue weighted by molar-refractivity contribution is 0.743. The predicted octanol–water partition coefficient (Wildman–Crippen LogP) is 1.74. The molecule has 2 heteroatoms. The van der Waals surface area contributed by atoms with E-state index >= 15 is 0 Å². The highest BCUT2D eigenvalue weighted by Gasteiger charge is 1.97. The first-order valence-corrected chi connectivity index (χ1v) is 5.26. The molecule has 0 bridgehead atoms. The molecule has 1 aromatic rings. The summed E-state index contributed by atoms with van der Waals surface area (Å²) in [5.74, 6) is 0. The van der Waals surface area contributed by atoms with Crippen molar-refractivity contribution >= 4 is 0 Å². The minimum Gasteiger partial charge on any atom is -0.330 e. The summed E-state index contributed by atoms with van der Waals surface area (Å²) >= 11 is 0. The van der Waals surface area contributed by atoms with Crippen LogP contribution in [0.25, 0.3) is 0 Å². The van der Waals surface area contributed by atoms with E-state index in [2.05, 4.69) is 25.1 Å². The van der Waals surface area contributed by atoms with Crippen molar-refractivity contribution in [3.05, 3.63) is 34.9 Å². The van der Waals surface area contributed by atoms with Gasteiger partial charge in [0.2, 0.25) is 0 Å². The van der Waals surface area contributed by atoms with Crippen molar-refractivity contribution in [2.24, 2.45) is 11.5 Å². The van der Waals surface area contributed by atoms with Crippen molar-refractivity contribution in [2.75, 3.05) is 6.54 Å². The number of hydrogen-bond acceptors (Lipinski definition) is 2. The summed E-state index contributed by atoms with van der Waals surface area (Å²) in [6.45, 7) is 3.53. The third kappa shape index (κ3) is 3.48. The Morgan fingerprint density at radius 2 is 1.71 bits per heavy atom. The van der Waals surface area contributed by atoms with E-state index in [4.69, 9.17) is 11.5 Å². The number of hydrogen-bond donors (Lipinski definition) is 2. The van der Waals surface area contributed by atoms with Crippen LogP contribution in [-0.4, -0.2) is 6.54 Å². The van der Waals surface area contributed by atoms with Gasteiger partial charge in [0.25, 0.3) is 0 Å². The fraction of sp³-hybridized carbons (Fsp3) is 0.500. The van der Waals surface area contributed by atoms with Crippen LogP contribution in [0.2, 0.25) is 0 Å². The summed E-state index contributed by atoms with van der Waals surface area (Å²) in [6.07, 6.45) is 3.39. The molecule has 0 amide bonds. The molecule has 0 heterocycles. The van der Waals surface area contributed by atoms with Gasteiger partial charge in [-0.05, 0) is 43.9 Å². The predicted molar refractivity (Wildman–Crippen MR) is 61.1 cm³/mol. The van der Waals surface area contributed by atoms with E-state index in [0.717, 1.165) is 19.4 Å². The molecule has 1 aromatic carbocycles. The lowest BCUT2D eigenvalue weighted by Gasteiger charge is -2.05. The zero-order valence-electron chi connectivity index (χ0n) is 8.92. The Balaban J connectivity index is 2.62. The van der Waals surface area contributed by atoms with E-state index in [0.29, 0.717) is 6.54 Å². The maximum absolute atomic E-state index is 5.62. The molecule has 0 unspecified atom stereocenters. The van der Waals surface area contributed by atoms with E-state index in [1.807, 2.05) is 0 Å². The third-order valence-corrected chi connectivity index (χ3v) is 2.35. The summed E-state index contributed by atoms with van der Waals surface area (Å²) in [7, 11) is 0. The first-order chi connectivity index (χ1) is 6.76. The highest BCUT2D eigenvalue weighted by atomic mass is 14.5. The quantitative estimate of drug-likeness (QED) is 0.698. The van der Waals surface area contributed by atoms with Gasteiger partial charge >= 0.3 is 0 Å². The van der Waals surface area contributed by atoms with Crippen LogP contribution in [-0.2, 0) is 13.0 Å². The molecule has 0 saturated heterocycles. The van der Waals surface area contributed by atoms with Crippen molar-refractivity contribution < 1.29 is 0 Å². The number of aryl methyl sites for hydroxylation is 2. The number of rotatable bonds is 5. The Morgan fingerprint density at radius 1 is 1.00 bits per heavy atom. The average Bonchev–Trinajstić information content (AvgIpc) is 2.17. The monoisotopic (exact) mass is 192 g/mol. The largest absolute Gasteiger partial charge is 0.330 e. The molecule has 0 aliphatic heterocycles. The minimum absolute atomic E-state index is 0.631. The third-order valence-electron chi connectivity index (χ3n) is 2.35. The molecule has 1 rings (SSSR count). The topological polar surface area (TPSA) is 52.0 Å². The molecule has 14 heavy (non-hydrogen) atoms. The molecular formula is C12H20N2. The molecule has 0 aromatic heterocycles. The SMILES string of the molecule is Cc1cc(CN)cc(CCCCN)c1. The highest BCUT2D eigenvalue weighted by Crippen LogP contribution is 2.11. The van der Waals surface area contributed by atoms with Gasteiger partial charge in [-0.1, -0.05) is 23.8 Å². The molecule has 0 saturated carbocycles. The second-order valence-electron chi connectivity index (χ2n) is 3.78. The molecule has 0 fully saturated rings. The molecule has 78 valence electrons. The van der Waals surface area contributed by atoms with Crippen LogP contribution in [0.3, 0.4) is 0 Å². The van der Waals surface area contributed by atoms with Crippen LogP contribution in [0.1, 0.15) is 29.5 Å². The first kappa shape index (κ1) is 11.2. The van der Waals surface area contributed by atoms with E-state index < -0.39 is 0 Å².